The van der Waals surface area contributed by atoms with Crippen LogP contribution in [0, 0.1) is 0 Å². The maximum atomic E-state index is 11.6. The highest BCUT2D eigenvalue weighted by molar-refractivity contribution is 7.93. The third-order valence-electron chi connectivity index (χ3n) is 1.98. The van der Waals surface area contributed by atoms with Gasteiger partial charge in [-0.05, 0) is 13.8 Å². The van der Waals surface area contributed by atoms with Crippen LogP contribution < -0.4 is 10.5 Å². The molecule has 0 saturated carbocycles. The van der Waals surface area contributed by atoms with Crippen molar-refractivity contribution in [3.8, 4) is 0 Å². The minimum atomic E-state index is -3.35. The molecule has 0 aliphatic heterocycles. The average Bonchev–Trinajstić information content (AvgIpc) is 2.44. The van der Waals surface area contributed by atoms with Crippen molar-refractivity contribution in [2.45, 2.75) is 25.6 Å². The number of anilines is 1. The van der Waals surface area contributed by atoms with Gasteiger partial charge in [-0.25, -0.2) is 8.42 Å². The van der Waals surface area contributed by atoms with Gasteiger partial charge >= 0.3 is 0 Å². The van der Waals surface area contributed by atoms with E-state index in [9.17, 15) is 8.42 Å². The lowest BCUT2D eigenvalue weighted by molar-refractivity contribution is 0.592. The topological polar surface area (TPSA) is 90.0 Å². The molecular weight excluding hydrogens is 216 g/mol. The molecule has 1 rings (SSSR count). The van der Waals surface area contributed by atoms with Gasteiger partial charge in [-0.15, -0.1) is 0 Å². The second-order valence-electron chi connectivity index (χ2n) is 3.58. The van der Waals surface area contributed by atoms with Gasteiger partial charge in [0.15, 0.2) is 5.82 Å². The monoisotopic (exact) mass is 232 g/mol. The summed E-state index contributed by atoms with van der Waals surface area (Å²) in [5.41, 5.74) is 6.15. The van der Waals surface area contributed by atoms with Crippen LogP contribution in [0.25, 0.3) is 0 Å². The van der Waals surface area contributed by atoms with Crippen molar-refractivity contribution in [1.82, 2.24) is 9.78 Å². The fourth-order valence-electron chi connectivity index (χ4n) is 1.03. The largest absolute Gasteiger partial charge is 0.326 e. The zero-order valence-corrected chi connectivity index (χ0v) is 9.87. The van der Waals surface area contributed by atoms with Gasteiger partial charge in [0.25, 0.3) is 0 Å². The highest BCUT2D eigenvalue weighted by Gasteiger charge is 2.18. The zero-order chi connectivity index (χ0) is 11.6. The van der Waals surface area contributed by atoms with Crippen LogP contribution in [0.2, 0.25) is 0 Å². The van der Waals surface area contributed by atoms with Crippen LogP contribution in [0.15, 0.2) is 6.20 Å². The first kappa shape index (κ1) is 12.0. The Labute approximate surface area is 89.5 Å². The van der Waals surface area contributed by atoms with Gasteiger partial charge in [-0.1, -0.05) is 0 Å². The van der Waals surface area contributed by atoms with E-state index in [1.165, 1.54) is 4.68 Å². The highest BCUT2D eigenvalue weighted by atomic mass is 32.2. The van der Waals surface area contributed by atoms with E-state index < -0.39 is 15.3 Å². The predicted octanol–water partition coefficient (Wildman–Crippen LogP) is 0.0289. The molecule has 7 heteroatoms. The first-order valence-corrected chi connectivity index (χ1v) is 6.15. The lowest BCUT2D eigenvalue weighted by Crippen LogP contribution is -2.23. The maximum Gasteiger partial charge on any atom is 0.236 e. The van der Waals surface area contributed by atoms with E-state index in [0.717, 1.165) is 0 Å². The second kappa shape index (κ2) is 4.19. The van der Waals surface area contributed by atoms with Gasteiger partial charge in [0, 0.05) is 25.4 Å². The van der Waals surface area contributed by atoms with Crippen molar-refractivity contribution in [3.05, 3.63) is 11.8 Å². The van der Waals surface area contributed by atoms with E-state index >= 15 is 0 Å². The molecule has 0 spiro atoms. The van der Waals surface area contributed by atoms with Crippen molar-refractivity contribution in [2.75, 3.05) is 4.72 Å². The number of nitrogens with zero attached hydrogens (tertiary/aromatic N) is 2. The van der Waals surface area contributed by atoms with Crippen molar-refractivity contribution < 1.29 is 8.42 Å². The molecule has 0 aliphatic rings. The molecule has 1 aromatic heterocycles. The quantitative estimate of drug-likeness (QED) is 0.766. The molecule has 3 N–H and O–H groups in total. The molecule has 0 amide bonds. The Morgan fingerprint density at radius 3 is 2.67 bits per heavy atom. The van der Waals surface area contributed by atoms with E-state index in [4.69, 9.17) is 5.73 Å². The van der Waals surface area contributed by atoms with Gasteiger partial charge in [0.05, 0.1) is 5.25 Å². The molecule has 0 unspecified atom stereocenters. The van der Waals surface area contributed by atoms with Gasteiger partial charge in [0.1, 0.15) is 0 Å². The fourth-order valence-corrected chi connectivity index (χ4v) is 1.70. The number of sulfonamides is 1. The molecule has 86 valence electrons. The van der Waals surface area contributed by atoms with Crippen LogP contribution >= 0.6 is 0 Å². The number of nitrogens with one attached hydrogen (secondary N) is 1. The summed E-state index contributed by atoms with van der Waals surface area (Å²) in [6.07, 6.45) is 1.69. The van der Waals surface area contributed by atoms with Crippen LogP contribution in [0.1, 0.15) is 19.4 Å². The minimum Gasteiger partial charge on any atom is -0.326 e. The molecule has 15 heavy (non-hydrogen) atoms. The highest BCUT2D eigenvalue weighted by Crippen LogP contribution is 2.14. The smallest absolute Gasteiger partial charge is 0.236 e. The summed E-state index contributed by atoms with van der Waals surface area (Å²) in [7, 11) is -1.64. The minimum absolute atomic E-state index is 0.254. The first-order valence-electron chi connectivity index (χ1n) is 4.61. The number of rotatable bonds is 4. The summed E-state index contributed by atoms with van der Waals surface area (Å²) < 4.78 is 27.1. The van der Waals surface area contributed by atoms with Crippen LogP contribution in [-0.4, -0.2) is 23.4 Å². The van der Waals surface area contributed by atoms with Crippen LogP contribution in [0.3, 0.4) is 0 Å². The van der Waals surface area contributed by atoms with E-state index in [2.05, 4.69) is 9.82 Å². The summed E-state index contributed by atoms with van der Waals surface area (Å²) >= 11 is 0. The third-order valence-corrected chi connectivity index (χ3v) is 3.70. The second-order valence-corrected chi connectivity index (χ2v) is 5.81. The SMILES string of the molecule is CC(C)S(=O)(=O)Nc1nn(C)cc1CN. The molecule has 1 aromatic rings. The molecular formula is C8H16N4O2S. The first-order chi connectivity index (χ1) is 6.86. The molecule has 0 radical (unpaired) electrons. The number of nitrogens with two attached hydrogens (primary N) is 1. The van der Waals surface area contributed by atoms with E-state index in [1.54, 1.807) is 27.1 Å². The standard InChI is InChI=1S/C8H16N4O2S/c1-6(2)15(13,14)11-8-7(4-9)5-12(3)10-8/h5-6H,4,9H2,1-3H3,(H,10,11). The Kier molecular flexibility index (Phi) is 3.35. The zero-order valence-electron chi connectivity index (χ0n) is 9.06. The molecule has 0 fully saturated rings. The number of hydrogen-bond acceptors (Lipinski definition) is 4. The predicted molar refractivity (Wildman–Crippen MR) is 58.8 cm³/mol. The lowest BCUT2D eigenvalue weighted by atomic mass is 10.3. The summed E-state index contributed by atoms with van der Waals surface area (Å²) in [5, 5.41) is 3.50. The van der Waals surface area contributed by atoms with Gasteiger partial charge < -0.3 is 5.73 Å². The fraction of sp³-hybridized carbons (Fsp3) is 0.625. The molecule has 0 saturated heterocycles. The Hall–Kier alpha value is -1.08. The molecule has 1 heterocycles. The van der Waals surface area contributed by atoms with Crippen molar-refractivity contribution in [2.24, 2.45) is 12.8 Å². The Bertz CT molecular complexity index is 435. The third kappa shape index (κ3) is 2.69. The summed E-state index contributed by atoms with van der Waals surface area (Å²) in [4.78, 5) is 0. The Balaban J connectivity index is 2.99. The summed E-state index contributed by atoms with van der Waals surface area (Å²) in [6.45, 7) is 3.46. The van der Waals surface area contributed by atoms with Crippen molar-refractivity contribution >= 4 is 15.8 Å². The molecule has 6 nitrogen and oxygen atoms in total. The van der Waals surface area contributed by atoms with Gasteiger partial charge in [-0.2, -0.15) is 5.10 Å². The molecule has 0 atom stereocenters. The van der Waals surface area contributed by atoms with Crippen LogP contribution in [0.5, 0.6) is 0 Å². The van der Waals surface area contributed by atoms with E-state index in [1.807, 2.05) is 0 Å². The lowest BCUT2D eigenvalue weighted by Gasteiger charge is -2.09. The molecule has 0 bridgehead atoms. The normalized spacial score (nSPS) is 12.1. The van der Waals surface area contributed by atoms with Crippen molar-refractivity contribution in [1.29, 1.82) is 0 Å². The van der Waals surface area contributed by atoms with E-state index in [-0.39, 0.29) is 6.54 Å². The maximum absolute atomic E-state index is 11.6. The average molecular weight is 232 g/mol. The number of hydrogen-bond donors (Lipinski definition) is 2. The van der Waals surface area contributed by atoms with Gasteiger partial charge in [0.2, 0.25) is 10.0 Å². The number of aryl methyl sites for hydroxylation is 1. The number of aromatic nitrogens is 2. The Morgan fingerprint density at radius 2 is 2.20 bits per heavy atom. The van der Waals surface area contributed by atoms with E-state index in [0.29, 0.717) is 11.4 Å². The van der Waals surface area contributed by atoms with Crippen LogP contribution in [0.4, 0.5) is 5.82 Å². The van der Waals surface area contributed by atoms with Crippen LogP contribution in [-0.2, 0) is 23.6 Å². The van der Waals surface area contributed by atoms with Gasteiger partial charge in [-0.3, -0.25) is 9.40 Å². The molecule has 0 aliphatic carbocycles. The summed E-state index contributed by atoms with van der Waals surface area (Å²) in [6, 6.07) is 0. The van der Waals surface area contributed by atoms with Crippen molar-refractivity contribution in [3.63, 3.8) is 0 Å². The molecule has 0 aromatic carbocycles. The Morgan fingerprint density at radius 1 is 1.60 bits per heavy atom. The summed E-state index contributed by atoms with van der Waals surface area (Å²) in [5.74, 6) is 0.314.